The van der Waals surface area contributed by atoms with E-state index >= 15 is 0 Å². The van der Waals surface area contributed by atoms with Crippen LogP contribution in [0.15, 0.2) is 59.8 Å². The molecule has 2 aromatic carbocycles. The summed E-state index contributed by atoms with van der Waals surface area (Å²) in [5, 5.41) is 33.0. The quantitative estimate of drug-likeness (QED) is 0.0432. The number of ether oxygens (including phenoxy) is 7. The Hall–Kier alpha value is -5.24. The van der Waals surface area contributed by atoms with Gasteiger partial charge in [-0.3, -0.25) is 0 Å². The number of nitrogens with zero attached hydrogens (tertiary/aromatic N) is 7. The van der Waals surface area contributed by atoms with Crippen LogP contribution in [0.3, 0.4) is 0 Å². The molecule has 4 aromatic rings. The third kappa shape index (κ3) is 16.8. The van der Waals surface area contributed by atoms with Gasteiger partial charge in [-0.1, -0.05) is 71.8 Å². The molecule has 2 aromatic heterocycles. The Kier molecular flexibility index (Phi) is 21.0. The average Bonchev–Trinajstić information content (AvgIpc) is 3.84. The van der Waals surface area contributed by atoms with Crippen molar-refractivity contribution >= 4 is 25.0 Å². The summed E-state index contributed by atoms with van der Waals surface area (Å²) in [6.07, 6.45) is 8.36. The van der Waals surface area contributed by atoms with Gasteiger partial charge in [0, 0.05) is 13.3 Å². The van der Waals surface area contributed by atoms with Gasteiger partial charge in [0.1, 0.15) is 36.5 Å². The van der Waals surface area contributed by atoms with Crippen LogP contribution in [0.2, 0.25) is 0 Å². The highest BCUT2D eigenvalue weighted by Gasteiger charge is 2.24. The number of amides is 1. The molecule has 326 valence electrons. The van der Waals surface area contributed by atoms with Crippen molar-refractivity contribution in [3.8, 4) is 5.75 Å². The Morgan fingerprint density at radius 3 is 2.28 bits per heavy atom. The lowest BCUT2D eigenvalue weighted by molar-refractivity contribution is -0.0167. The molecule has 0 bridgehead atoms. The first-order valence-electron chi connectivity index (χ1n) is 20.4. The van der Waals surface area contributed by atoms with Crippen LogP contribution in [0.5, 0.6) is 5.75 Å². The van der Waals surface area contributed by atoms with E-state index in [9.17, 15) is 9.90 Å². The highest BCUT2D eigenvalue weighted by Crippen LogP contribution is 2.29. The van der Waals surface area contributed by atoms with Gasteiger partial charge in [-0.05, 0) is 48.6 Å². The first-order valence-corrected chi connectivity index (χ1v) is 20.4. The normalized spacial score (nSPS) is 14.1. The van der Waals surface area contributed by atoms with Gasteiger partial charge in [0.15, 0.2) is 0 Å². The topological polar surface area (TPSA) is 197 Å². The summed E-state index contributed by atoms with van der Waals surface area (Å²) in [6.45, 7) is 9.30. The number of carbonyl (C=O) groups excluding carboxylic acids is 1. The maximum Gasteiger partial charge on any atom is 0.407 e. The number of phenolic OH excluding ortho intramolecular Hbond substituents is 1. The first kappa shape index (κ1) is 45.8. The summed E-state index contributed by atoms with van der Waals surface area (Å²) in [5.41, 5.74) is 5.36. The molecule has 1 aliphatic rings. The van der Waals surface area contributed by atoms with Crippen molar-refractivity contribution in [3.05, 3.63) is 88.5 Å². The zero-order valence-electron chi connectivity index (χ0n) is 34.2. The van der Waals surface area contributed by atoms with E-state index in [0.29, 0.717) is 91.5 Å². The van der Waals surface area contributed by atoms with Crippen LogP contribution in [0.1, 0.15) is 65.7 Å². The molecule has 0 saturated carbocycles. The fourth-order valence-corrected chi connectivity index (χ4v) is 6.24. The number of alkyl carbamates (subject to hydrolysis) is 1. The third-order valence-corrected chi connectivity index (χ3v) is 9.28. The predicted octanol–water partition coefficient (Wildman–Crippen LogP) is 4.76. The summed E-state index contributed by atoms with van der Waals surface area (Å²) in [4.78, 5) is 17.1. The largest absolute Gasteiger partial charge is 0.508 e. The van der Waals surface area contributed by atoms with Crippen LogP contribution >= 0.6 is 0 Å². The monoisotopic (exact) mass is 834 g/mol. The smallest absolute Gasteiger partial charge is 0.407 e. The molecule has 2 N–H and O–H groups in total. The van der Waals surface area contributed by atoms with E-state index in [2.05, 4.69) is 37.8 Å². The number of fused-ring (bicyclic) bond motifs is 1. The highest BCUT2D eigenvalue weighted by atomic mass is 16.6. The molecular formula is C42H58N8O10. The average molecular weight is 835 g/mol. The van der Waals surface area contributed by atoms with Gasteiger partial charge in [0.2, 0.25) is 0 Å². The van der Waals surface area contributed by atoms with Gasteiger partial charge in [0.25, 0.3) is 0 Å². The van der Waals surface area contributed by atoms with Crippen molar-refractivity contribution in [2.24, 2.45) is 5.16 Å². The number of aromatic hydroxyl groups is 1. The molecule has 1 aliphatic carbocycles. The van der Waals surface area contributed by atoms with Gasteiger partial charge in [-0.25, -0.2) is 14.2 Å². The number of phenols is 1. The van der Waals surface area contributed by atoms with E-state index in [-0.39, 0.29) is 31.6 Å². The lowest BCUT2D eigenvalue weighted by Gasteiger charge is -2.20. The number of rotatable bonds is 29. The van der Waals surface area contributed by atoms with Crippen LogP contribution in [-0.4, -0.2) is 127 Å². The molecule has 1 atom stereocenters. The molecule has 18 nitrogen and oxygen atoms in total. The molecular weight excluding hydrogens is 777 g/mol. The Bertz CT molecular complexity index is 1820. The minimum atomic E-state index is -0.554. The second-order valence-electron chi connectivity index (χ2n) is 13.6. The predicted molar refractivity (Wildman–Crippen MR) is 221 cm³/mol. The lowest BCUT2D eigenvalue weighted by atomic mass is 9.99. The van der Waals surface area contributed by atoms with Crippen molar-refractivity contribution in [1.82, 2.24) is 35.3 Å². The summed E-state index contributed by atoms with van der Waals surface area (Å²) < 4.78 is 43.5. The Balaban J connectivity index is 0.898. The van der Waals surface area contributed by atoms with Gasteiger partial charge in [-0.2, -0.15) is 0 Å². The molecule has 0 spiro atoms. The lowest BCUT2D eigenvalue weighted by Crippen LogP contribution is -2.29. The van der Waals surface area contributed by atoms with E-state index in [1.807, 2.05) is 47.2 Å². The highest BCUT2D eigenvalue weighted by molar-refractivity contribution is 5.69. The Morgan fingerprint density at radius 1 is 0.767 bits per heavy atom. The second kappa shape index (κ2) is 27.5. The van der Waals surface area contributed by atoms with Gasteiger partial charge in [0.05, 0.1) is 97.2 Å². The Labute approximate surface area is 350 Å². The van der Waals surface area contributed by atoms with E-state index in [0.717, 1.165) is 60.3 Å². The van der Waals surface area contributed by atoms with Crippen LogP contribution in [0.4, 0.5) is 4.79 Å². The van der Waals surface area contributed by atoms with Crippen LogP contribution < -0.4 is 5.32 Å². The number of benzene rings is 2. The van der Waals surface area contributed by atoms with E-state index < -0.39 is 6.09 Å². The summed E-state index contributed by atoms with van der Waals surface area (Å²) in [6, 6.07) is 16.7. The molecule has 2 heterocycles. The zero-order valence-corrected chi connectivity index (χ0v) is 34.2. The fourth-order valence-electron chi connectivity index (χ4n) is 6.24. The van der Waals surface area contributed by atoms with E-state index in [4.69, 9.17) is 38.0 Å². The Morgan fingerprint density at radius 2 is 1.48 bits per heavy atom. The maximum absolute atomic E-state index is 12.3. The van der Waals surface area contributed by atoms with E-state index in [1.54, 1.807) is 28.9 Å². The SMILES string of the molecule is C=NOCCOCCOC1CCCCCc2c1nnn2CCOCCOCCOCCNC(=O)OCCn1nnc(COCc2ccc(O)cc2)c1/C=C/c1ccccc1. The maximum atomic E-state index is 12.3. The number of nitrogens with one attached hydrogen (secondary N) is 1. The molecule has 1 unspecified atom stereocenters. The molecule has 0 fully saturated rings. The van der Waals surface area contributed by atoms with Crippen LogP contribution in [0, 0.1) is 0 Å². The van der Waals surface area contributed by atoms with Crippen molar-refractivity contribution in [3.63, 3.8) is 0 Å². The van der Waals surface area contributed by atoms with Gasteiger partial charge >= 0.3 is 6.09 Å². The molecule has 60 heavy (non-hydrogen) atoms. The standard InChI is InChI=1S/C42H58N8O10/c1-43-60-31-29-56-28-30-58-40-11-7-3-6-10-39-41(40)46-48-50(39)19-22-54-25-27-55-26-24-53-21-18-44-42(52)59-23-20-49-38(17-14-34-8-4-2-5-9-34)37(45-47-49)33-57-32-35-12-15-36(51)16-13-35/h2,4-5,8-9,12-17,40,51H,1,3,6-7,10-11,18-33H2,(H,44,52)/b17-14+. The van der Waals surface area contributed by atoms with Crippen molar-refractivity contribution in [2.75, 3.05) is 79.2 Å². The minimum absolute atomic E-state index is 0.0889. The summed E-state index contributed by atoms with van der Waals surface area (Å²) in [5.74, 6) is 0.200. The van der Waals surface area contributed by atoms with Crippen molar-refractivity contribution in [2.45, 2.75) is 64.5 Å². The van der Waals surface area contributed by atoms with E-state index in [1.165, 1.54) is 0 Å². The summed E-state index contributed by atoms with van der Waals surface area (Å²) in [7, 11) is 0. The number of hydrogen-bond acceptors (Lipinski definition) is 15. The van der Waals surface area contributed by atoms with Crippen molar-refractivity contribution in [1.29, 1.82) is 0 Å². The number of aromatic nitrogens is 6. The third-order valence-electron chi connectivity index (χ3n) is 9.28. The molecule has 0 aliphatic heterocycles. The molecule has 5 rings (SSSR count). The molecule has 0 radical (unpaired) electrons. The molecule has 0 saturated heterocycles. The van der Waals surface area contributed by atoms with Gasteiger partial charge in [-0.15, -0.1) is 15.4 Å². The van der Waals surface area contributed by atoms with Gasteiger partial charge < -0.3 is 48.4 Å². The molecule has 1 amide bonds. The van der Waals surface area contributed by atoms with Crippen LogP contribution in [0.25, 0.3) is 12.2 Å². The zero-order chi connectivity index (χ0) is 41.9. The second-order valence-corrected chi connectivity index (χ2v) is 13.6. The summed E-state index contributed by atoms with van der Waals surface area (Å²) >= 11 is 0. The van der Waals surface area contributed by atoms with Crippen molar-refractivity contribution < 1.29 is 47.9 Å². The van der Waals surface area contributed by atoms with Crippen LogP contribution in [-0.2, 0) is 70.7 Å². The molecule has 18 heteroatoms. The first-order chi connectivity index (χ1) is 29.6. The fraction of sp³-hybridized carbons (Fsp3) is 0.524. The number of oxime groups is 1. The number of hydrogen-bond donors (Lipinski definition) is 2. The number of carbonyl (C=O) groups is 1. The minimum Gasteiger partial charge on any atom is -0.508 e.